The number of rotatable bonds is 6. The molecule has 0 aliphatic heterocycles. The second-order valence-electron chi connectivity index (χ2n) is 5.16. The Morgan fingerprint density at radius 2 is 1.86 bits per heavy atom. The number of halogens is 2. The van der Waals surface area contributed by atoms with Gasteiger partial charge in [-0.15, -0.1) is 0 Å². The summed E-state index contributed by atoms with van der Waals surface area (Å²) in [4.78, 5) is 23.1. The third-order valence-corrected chi connectivity index (χ3v) is 3.82. The van der Waals surface area contributed by atoms with Crippen LogP contribution in [0.5, 0.6) is 5.75 Å². The van der Waals surface area contributed by atoms with Crippen molar-refractivity contribution in [1.29, 1.82) is 0 Å². The highest BCUT2D eigenvalue weighted by atomic mass is 35.5. The summed E-state index contributed by atoms with van der Waals surface area (Å²) in [5.74, 6) is -1.00. The van der Waals surface area contributed by atoms with E-state index in [9.17, 15) is 9.59 Å². The molecule has 0 aliphatic rings. The first-order valence-corrected chi connectivity index (χ1v) is 6.99. The standard InChI is InChI=1S/C14H17Cl2NO4/c1-14(2,13(19)20)4-5-17-12(18)8-6-9(15)10(16)7-11(8)21-3/h6-7H,4-5H2,1-3H3,(H,17,18)(H,19,20). The van der Waals surface area contributed by atoms with E-state index in [0.29, 0.717) is 12.2 Å². The first-order valence-electron chi connectivity index (χ1n) is 6.23. The van der Waals surface area contributed by atoms with E-state index >= 15 is 0 Å². The molecule has 0 saturated heterocycles. The Labute approximate surface area is 133 Å². The molecular formula is C14H17Cl2NO4. The number of nitrogens with one attached hydrogen (secondary N) is 1. The largest absolute Gasteiger partial charge is 0.496 e. The van der Waals surface area contributed by atoms with Crippen LogP contribution >= 0.6 is 23.2 Å². The van der Waals surface area contributed by atoms with Gasteiger partial charge in [0.05, 0.1) is 28.1 Å². The number of ether oxygens (including phenoxy) is 1. The number of benzene rings is 1. The van der Waals surface area contributed by atoms with E-state index in [0.717, 1.165) is 0 Å². The highest BCUT2D eigenvalue weighted by Crippen LogP contribution is 2.30. The predicted molar refractivity (Wildman–Crippen MR) is 81.4 cm³/mol. The Morgan fingerprint density at radius 3 is 2.38 bits per heavy atom. The van der Waals surface area contributed by atoms with E-state index < -0.39 is 17.3 Å². The molecule has 0 fully saturated rings. The number of carboxylic acids is 1. The van der Waals surface area contributed by atoms with Gasteiger partial charge >= 0.3 is 5.97 Å². The lowest BCUT2D eigenvalue weighted by molar-refractivity contribution is -0.147. The van der Waals surface area contributed by atoms with Gasteiger partial charge in [0.25, 0.3) is 5.91 Å². The summed E-state index contributed by atoms with van der Waals surface area (Å²) in [6, 6.07) is 2.88. The van der Waals surface area contributed by atoms with Gasteiger partial charge in [0.1, 0.15) is 5.75 Å². The lowest BCUT2D eigenvalue weighted by Crippen LogP contribution is -2.32. The minimum atomic E-state index is -0.913. The van der Waals surface area contributed by atoms with E-state index in [1.165, 1.54) is 19.2 Å². The minimum absolute atomic E-state index is 0.224. The highest BCUT2D eigenvalue weighted by molar-refractivity contribution is 6.42. The Morgan fingerprint density at radius 1 is 1.29 bits per heavy atom. The van der Waals surface area contributed by atoms with Crippen LogP contribution in [0.25, 0.3) is 0 Å². The van der Waals surface area contributed by atoms with E-state index in [2.05, 4.69) is 5.32 Å². The minimum Gasteiger partial charge on any atom is -0.496 e. The monoisotopic (exact) mass is 333 g/mol. The highest BCUT2D eigenvalue weighted by Gasteiger charge is 2.26. The van der Waals surface area contributed by atoms with Crippen molar-refractivity contribution in [2.24, 2.45) is 5.41 Å². The van der Waals surface area contributed by atoms with Crippen molar-refractivity contribution in [2.75, 3.05) is 13.7 Å². The van der Waals surface area contributed by atoms with Crippen molar-refractivity contribution >= 4 is 35.1 Å². The van der Waals surface area contributed by atoms with Gasteiger partial charge in [-0.2, -0.15) is 0 Å². The molecular weight excluding hydrogens is 317 g/mol. The van der Waals surface area contributed by atoms with Crippen LogP contribution in [0.1, 0.15) is 30.6 Å². The van der Waals surface area contributed by atoms with Gasteiger partial charge in [0.15, 0.2) is 0 Å². The van der Waals surface area contributed by atoms with Crippen molar-refractivity contribution in [2.45, 2.75) is 20.3 Å². The Bertz CT molecular complexity index is 558. The normalized spacial score (nSPS) is 11.1. The molecule has 0 aromatic heterocycles. The maximum Gasteiger partial charge on any atom is 0.309 e. The lowest BCUT2D eigenvalue weighted by Gasteiger charge is -2.19. The predicted octanol–water partition coefficient (Wildman–Crippen LogP) is 3.23. The van der Waals surface area contributed by atoms with Crippen LogP contribution in [-0.2, 0) is 4.79 Å². The second kappa shape index (κ2) is 7.00. The van der Waals surface area contributed by atoms with E-state index in [1.807, 2.05) is 0 Å². The molecule has 0 aliphatic carbocycles. The van der Waals surface area contributed by atoms with Crippen molar-refractivity contribution in [3.63, 3.8) is 0 Å². The number of hydrogen-bond acceptors (Lipinski definition) is 3. The van der Waals surface area contributed by atoms with Gasteiger partial charge < -0.3 is 15.2 Å². The zero-order valence-electron chi connectivity index (χ0n) is 12.0. The van der Waals surface area contributed by atoms with Crippen molar-refractivity contribution in [3.8, 4) is 5.75 Å². The number of carbonyl (C=O) groups is 2. The zero-order chi connectivity index (χ0) is 16.2. The number of hydrogen-bond donors (Lipinski definition) is 2. The second-order valence-corrected chi connectivity index (χ2v) is 5.98. The summed E-state index contributed by atoms with van der Waals surface area (Å²) in [6.45, 7) is 3.42. The molecule has 2 N–H and O–H groups in total. The van der Waals surface area contributed by atoms with Crippen LogP contribution in [0.2, 0.25) is 10.0 Å². The fourth-order valence-corrected chi connectivity index (χ4v) is 1.88. The average molecular weight is 334 g/mol. The fraction of sp³-hybridized carbons (Fsp3) is 0.429. The van der Waals surface area contributed by atoms with Crippen LogP contribution in [0.4, 0.5) is 0 Å². The third kappa shape index (κ3) is 4.51. The molecule has 1 amide bonds. The summed E-state index contributed by atoms with van der Waals surface area (Å²) in [5, 5.41) is 12.2. The Hall–Kier alpha value is -1.46. The summed E-state index contributed by atoms with van der Waals surface area (Å²) in [6.07, 6.45) is 0.303. The quantitative estimate of drug-likeness (QED) is 0.837. The van der Waals surface area contributed by atoms with Gasteiger partial charge in [0.2, 0.25) is 0 Å². The van der Waals surface area contributed by atoms with Crippen LogP contribution in [-0.4, -0.2) is 30.6 Å². The molecule has 116 valence electrons. The van der Waals surface area contributed by atoms with Crippen LogP contribution in [0, 0.1) is 5.41 Å². The summed E-state index contributed by atoms with van der Waals surface area (Å²) >= 11 is 11.7. The maximum absolute atomic E-state index is 12.1. The summed E-state index contributed by atoms with van der Waals surface area (Å²) in [7, 11) is 1.42. The molecule has 1 aromatic rings. The fourth-order valence-electron chi connectivity index (χ4n) is 1.57. The van der Waals surface area contributed by atoms with Gasteiger partial charge in [0, 0.05) is 12.6 Å². The number of carbonyl (C=O) groups excluding carboxylic acids is 1. The van der Waals surface area contributed by atoms with Crippen LogP contribution in [0.3, 0.4) is 0 Å². The molecule has 5 nitrogen and oxygen atoms in total. The molecule has 0 saturated carbocycles. The first-order chi connectivity index (χ1) is 9.69. The molecule has 0 heterocycles. The number of methoxy groups -OCH3 is 1. The molecule has 21 heavy (non-hydrogen) atoms. The molecule has 1 aromatic carbocycles. The number of carboxylic acid groups (broad SMARTS) is 1. The van der Waals surface area contributed by atoms with E-state index in [1.54, 1.807) is 13.8 Å². The Balaban J connectivity index is 2.77. The molecule has 0 bridgehead atoms. The van der Waals surface area contributed by atoms with E-state index in [4.69, 9.17) is 33.0 Å². The smallest absolute Gasteiger partial charge is 0.309 e. The molecule has 7 heteroatoms. The van der Waals surface area contributed by atoms with Crippen LogP contribution < -0.4 is 10.1 Å². The molecule has 0 atom stereocenters. The maximum atomic E-state index is 12.1. The van der Waals surface area contributed by atoms with Gasteiger partial charge in [-0.25, -0.2) is 0 Å². The molecule has 0 spiro atoms. The molecule has 0 unspecified atom stereocenters. The molecule has 1 rings (SSSR count). The SMILES string of the molecule is COc1cc(Cl)c(Cl)cc1C(=O)NCCC(C)(C)C(=O)O. The Kier molecular flexibility index (Phi) is 5.87. The number of amides is 1. The van der Waals surface area contributed by atoms with Crippen molar-refractivity contribution in [3.05, 3.63) is 27.7 Å². The van der Waals surface area contributed by atoms with Crippen molar-refractivity contribution < 1.29 is 19.4 Å². The topological polar surface area (TPSA) is 75.6 Å². The summed E-state index contributed by atoms with van der Waals surface area (Å²) < 4.78 is 5.09. The summed E-state index contributed by atoms with van der Waals surface area (Å²) in [5.41, 5.74) is -0.658. The number of aliphatic carboxylic acids is 1. The van der Waals surface area contributed by atoms with Gasteiger partial charge in [-0.1, -0.05) is 23.2 Å². The van der Waals surface area contributed by atoms with Gasteiger partial charge in [-0.05, 0) is 26.3 Å². The zero-order valence-corrected chi connectivity index (χ0v) is 13.5. The van der Waals surface area contributed by atoms with Gasteiger partial charge in [-0.3, -0.25) is 9.59 Å². The van der Waals surface area contributed by atoms with Crippen LogP contribution in [0.15, 0.2) is 12.1 Å². The van der Waals surface area contributed by atoms with Crippen molar-refractivity contribution in [1.82, 2.24) is 5.32 Å². The lowest BCUT2D eigenvalue weighted by atomic mass is 9.90. The van der Waals surface area contributed by atoms with E-state index in [-0.39, 0.29) is 22.2 Å². The third-order valence-electron chi connectivity index (χ3n) is 3.10. The average Bonchev–Trinajstić information content (AvgIpc) is 2.40. The molecule has 0 radical (unpaired) electrons. The first kappa shape index (κ1) is 17.6.